The quantitative estimate of drug-likeness (QED) is 0.863. The van der Waals surface area contributed by atoms with Gasteiger partial charge in [0.2, 0.25) is 0 Å². The zero-order valence-corrected chi connectivity index (χ0v) is 9.96. The number of halogens is 2. The Kier molecular flexibility index (Phi) is 3.32. The zero-order chi connectivity index (χ0) is 11.7. The third kappa shape index (κ3) is 1.88. The number of aliphatic hydroxyl groups is 1. The zero-order valence-electron chi connectivity index (χ0n) is 8.37. The molecule has 1 aliphatic heterocycles. The van der Waals surface area contributed by atoms with Gasteiger partial charge < -0.3 is 20.3 Å². The van der Waals surface area contributed by atoms with Gasteiger partial charge in [-0.2, -0.15) is 0 Å². The van der Waals surface area contributed by atoms with Gasteiger partial charge in [-0.1, -0.05) is 0 Å². The Hall–Kier alpha value is -0.850. The summed E-state index contributed by atoms with van der Waals surface area (Å²) in [6, 6.07) is 0.439. The molecule has 2 rings (SSSR count). The first-order chi connectivity index (χ1) is 7.65. The van der Waals surface area contributed by atoms with Gasteiger partial charge in [0.1, 0.15) is 19.0 Å². The maximum Gasteiger partial charge on any atom is 0.176 e. The van der Waals surface area contributed by atoms with E-state index in [2.05, 4.69) is 15.9 Å². The van der Waals surface area contributed by atoms with Gasteiger partial charge >= 0.3 is 0 Å². The van der Waals surface area contributed by atoms with Crippen molar-refractivity contribution in [3.63, 3.8) is 0 Å². The van der Waals surface area contributed by atoms with Crippen molar-refractivity contribution in [3.8, 4) is 11.5 Å². The number of fused-ring (bicyclic) bond motifs is 1. The van der Waals surface area contributed by atoms with Gasteiger partial charge in [-0.3, -0.25) is 0 Å². The van der Waals surface area contributed by atoms with Gasteiger partial charge in [0.05, 0.1) is 17.1 Å². The summed E-state index contributed by atoms with van der Waals surface area (Å²) in [6.45, 7) is 0.463. The standard InChI is InChI=1S/C10H11BrFNO3/c11-9-8(6(13)4-14)5(12)3-7-10(9)16-2-1-15-7/h3,6,14H,1-2,4,13H2. The van der Waals surface area contributed by atoms with Crippen molar-refractivity contribution < 1.29 is 19.0 Å². The molecular weight excluding hydrogens is 281 g/mol. The topological polar surface area (TPSA) is 64.7 Å². The Morgan fingerprint density at radius 3 is 2.88 bits per heavy atom. The average Bonchev–Trinajstić information content (AvgIpc) is 2.28. The minimum Gasteiger partial charge on any atom is -0.486 e. The molecule has 3 N–H and O–H groups in total. The summed E-state index contributed by atoms with van der Waals surface area (Å²) in [5, 5.41) is 8.96. The van der Waals surface area contributed by atoms with E-state index in [1.807, 2.05) is 0 Å². The van der Waals surface area contributed by atoms with E-state index >= 15 is 0 Å². The van der Waals surface area contributed by atoms with Crippen LogP contribution in [0.1, 0.15) is 11.6 Å². The SMILES string of the molecule is NC(CO)c1c(F)cc2c(c1Br)OCCO2. The van der Waals surface area contributed by atoms with Crippen LogP contribution < -0.4 is 15.2 Å². The first-order valence-corrected chi connectivity index (χ1v) is 5.58. The second-order valence-corrected chi connectivity index (χ2v) is 4.19. The summed E-state index contributed by atoms with van der Waals surface area (Å²) in [5.41, 5.74) is 5.81. The second-order valence-electron chi connectivity index (χ2n) is 3.40. The fourth-order valence-corrected chi connectivity index (χ4v) is 2.36. The van der Waals surface area contributed by atoms with Crippen LogP contribution in [0, 0.1) is 5.82 Å². The van der Waals surface area contributed by atoms with E-state index in [9.17, 15) is 4.39 Å². The Morgan fingerprint density at radius 2 is 2.19 bits per heavy atom. The maximum absolute atomic E-state index is 13.7. The number of rotatable bonds is 2. The first-order valence-electron chi connectivity index (χ1n) is 4.79. The van der Waals surface area contributed by atoms with Gasteiger partial charge in [0.25, 0.3) is 0 Å². The van der Waals surface area contributed by atoms with Crippen molar-refractivity contribution >= 4 is 15.9 Å². The molecule has 1 unspecified atom stereocenters. The highest BCUT2D eigenvalue weighted by atomic mass is 79.9. The van der Waals surface area contributed by atoms with Crippen LogP contribution in [-0.2, 0) is 0 Å². The summed E-state index contributed by atoms with van der Waals surface area (Å²) in [5.74, 6) is 0.272. The van der Waals surface area contributed by atoms with Crippen LogP contribution in [0.25, 0.3) is 0 Å². The number of ether oxygens (including phenoxy) is 2. The Bertz CT molecular complexity index is 414. The number of hydrogen-bond donors (Lipinski definition) is 2. The van der Waals surface area contributed by atoms with Gasteiger partial charge in [-0.15, -0.1) is 0 Å². The fourth-order valence-electron chi connectivity index (χ4n) is 1.56. The van der Waals surface area contributed by atoms with E-state index in [1.54, 1.807) is 0 Å². The van der Waals surface area contributed by atoms with E-state index in [4.69, 9.17) is 20.3 Å². The molecule has 0 spiro atoms. The van der Waals surface area contributed by atoms with E-state index in [0.717, 1.165) is 0 Å². The van der Waals surface area contributed by atoms with Gasteiger partial charge in [-0.25, -0.2) is 4.39 Å². The number of nitrogens with two attached hydrogens (primary N) is 1. The lowest BCUT2D eigenvalue weighted by atomic mass is 10.1. The Balaban J connectivity index is 2.54. The molecule has 1 heterocycles. The first kappa shape index (κ1) is 11.6. The summed E-state index contributed by atoms with van der Waals surface area (Å²) < 4.78 is 24.7. The van der Waals surface area contributed by atoms with Crippen LogP contribution in [0.4, 0.5) is 4.39 Å². The molecule has 0 saturated heterocycles. The molecule has 0 aromatic heterocycles. The molecule has 0 fully saturated rings. The summed E-state index contributed by atoms with van der Waals surface area (Å²) in [4.78, 5) is 0. The lowest BCUT2D eigenvalue weighted by molar-refractivity contribution is 0.168. The van der Waals surface area contributed by atoms with Crippen molar-refractivity contribution in [2.75, 3.05) is 19.8 Å². The van der Waals surface area contributed by atoms with Crippen LogP contribution >= 0.6 is 15.9 Å². The minimum atomic E-state index is -0.787. The summed E-state index contributed by atoms with van der Waals surface area (Å²) >= 11 is 3.22. The van der Waals surface area contributed by atoms with Crippen LogP contribution in [-0.4, -0.2) is 24.9 Å². The maximum atomic E-state index is 13.7. The largest absolute Gasteiger partial charge is 0.486 e. The third-order valence-corrected chi connectivity index (χ3v) is 3.12. The fraction of sp³-hybridized carbons (Fsp3) is 0.400. The molecule has 0 bridgehead atoms. The normalized spacial score (nSPS) is 16.0. The van der Waals surface area contributed by atoms with Crippen molar-refractivity contribution in [1.82, 2.24) is 0 Å². The van der Waals surface area contributed by atoms with Crippen LogP contribution in [0.3, 0.4) is 0 Å². The van der Waals surface area contributed by atoms with Crippen LogP contribution in [0.15, 0.2) is 10.5 Å². The summed E-state index contributed by atoms with van der Waals surface area (Å²) in [7, 11) is 0. The lowest BCUT2D eigenvalue weighted by Crippen LogP contribution is -2.20. The average molecular weight is 292 g/mol. The van der Waals surface area contributed by atoms with E-state index in [1.165, 1.54) is 6.07 Å². The predicted octanol–water partition coefficient (Wildman–Crippen LogP) is 1.35. The third-order valence-electron chi connectivity index (χ3n) is 2.33. The van der Waals surface area contributed by atoms with E-state index in [0.29, 0.717) is 29.2 Å². The molecular formula is C10H11BrFNO3. The molecule has 0 amide bonds. The molecule has 88 valence electrons. The molecule has 1 aliphatic rings. The predicted molar refractivity (Wildman–Crippen MR) is 59.1 cm³/mol. The lowest BCUT2D eigenvalue weighted by Gasteiger charge is -2.22. The number of hydrogen-bond acceptors (Lipinski definition) is 4. The van der Waals surface area contributed by atoms with E-state index < -0.39 is 11.9 Å². The van der Waals surface area contributed by atoms with Crippen molar-refractivity contribution in [2.24, 2.45) is 5.73 Å². The highest BCUT2D eigenvalue weighted by Gasteiger charge is 2.24. The highest BCUT2D eigenvalue weighted by molar-refractivity contribution is 9.10. The van der Waals surface area contributed by atoms with Crippen LogP contribution in [0.2, 0.25) is 0 Å². The number of aliphatic hydroxyl groups excluding tert-OH is 1. The van der Waals surface area contributed by atoms with Crippen molar-refractivity contribution in [3.05, 3.63) is 21.9 Å². The van der Waals surface area contributed by atoms with Crippen LogP contribution in [0.5, 0.6) is 11.5 Å². The van der Waals surface area contributed by atoms with Crippen molar-refractivity contribution in [1.29, 1.82) is 0 Å². The molecule has 1 aromatic rings. The molecule has 0 aliphatic carbocycles. The second kappa shape index (κ2) is 4.57. The van der Waals surface area contributed by atoms with Gasteiger partial charge in [-0.05, 0) is 15.9 Å². The Morgan fingerprint density at radius 1 is 1.50 bits per heavy atom. The minimum absolute atomic E-state index is 0.201. The molecule has 16 heavy (non-hydrogen) atoms. The Labute approximate surface area is 100 Å². The van der Waals surface area contributed by atoms with E-state index in [-0.39, 0.29) is 12.2 Å². The van der Waals surface area contributed by atoms with Gasteiger partial charge in [0, 0.05) is 11.6 Å². The van der Waals surface area contributed by atoms with Gasteiger partial charge in [0.15, 0.2) is 11.5 Å². The molecule has 4 nitrogen and oxygen atoms in total. The molecule has 1 aromatic carbocycles. The molecule has 6 heteroatoms. The molecule has 0 saturated carbocycles. The molecule has 0 radical (unpaired) electrons. The summed E-state index contributed by atoms with van der Waals surface area (Å²) in [6.07, 6.45) is 0. The highest BCUT2D eigenvalue weighted by Crippen LogP contribution is 2.42. The van der Waals surface area contributed by atoms with Crippen molar-refractivity contribution in [2.45, 2.75) is 6.04 Å². The monoisotopic (exact) mass is 291 g/mol. The smallest absolute Gasteiger partial charge is 0.176 e. The number of benzene rings is 1. The molecule has 1 atom stereocenters.